The van der Waals surface area contributed by atoms with Gasteiger partial charge in [0.2, 0.25) is 0 Å². The minimum Gasteiger partial charge on any atom is -0.396 e. The van der Waals surface area contributed by atoms with Gasteiger partial charge >= 0.3 is 0 Å². The molecule has 1 aliphatic carbocycles. The van der Waals surface area contributed by atoms with Crippen LogP contribution in [0.4, 0.5) is 10.7 Å². The van der Waals surface area contributed by atoms with Crippen LogP contribution >= 0.6 is 11.3 Å². The number of anilines is 2. The molecule has 19 heavy (non-hydrogen) atoms. The van der Waals surface area contributed by atoms with E-state index in [1.54, 1.807) is 7.11 Å². The van der Waals surface area contributed by atoms with E-state index in [9.17, 15) is 10.1 Å². The maximum Gasteiger partial charge on any atom is 0.178 e. The van der Waals surface area contributed by atoms with Gasteiger partial charge in [-0.2, -0.15) is 5.26 Å². The summed E-state index contributed by atoms with van der Waals surface area (Å²) in [5.41, 5.74) is 6.62. The lowest BCUT2D eigenvalue weighted by Crippen LogP contribution is -2.20. The molecule has 1 saturated carbocycles. The Balaban J connectivity index is 2.25. The van der Waals surface area contributed by atoms with Crippen molar-refractivity contribution in [2.24, 2.45) is 5.92 Å². The summed E-state index contributed by atoms with van der Waals surface area (Å²) in [6.45, 7) is 2.47. The number of hydrogen-bond acceptors (Lipinski definition) is 6. The van der Waals surface area contributed by atoms with Crippen molar-refractivity contribution >= 4 is 27.8 Å². The Hall–Kier alpha value is -1.58. The highest BCUT2D eigenvalue weighted by Crippen LogP contribution is 2.41. The second kappa shape index (κ2) is 5.59. The zero-order valence-electron chi connectivity index (χ0n) is 11.0. The summed E-state index contributed by atoms with van der Waals surface area (Å²) in [4.78, 5) is 12.6. The molecular formula is C13H17N3O2S. The van der Waals surface area contributed by atoms with Crippen LogP contribution in [0.3, 0.4) is 0 Å². The van der Waals surface area contributed by atoms with Crippen LogP contribution in [0.15, 0.2) is 0 Å². The van der Waals surface area contributed by atoms with Crippen LogP contribution in [0, 0.1) is 17.2 Å². The van der Waals surface area contributed by atoms with Crippen molar-refractivity contribution in [3.8, 4) is 6.07 Å². The van der Waals surface area contributed by atoms with Crippen molar-refractivity contribution in [2.45, 2.75) is 25.8 Å². The predicted molar refractivity (Wildman–Crippen MR) is 75.5 cm³/mol. The highest BCUT2D eigenvalue weighted by molar-refractivity contribution is 7.19. The molecule has 6 heteroatoms. The lowest BCUT2D eigenvalue weighted by atomic mass is 10.1. The monoisotopic (exact) mass is 279 g/mol. The summed E-state index contributed by atoms with van der Waals surface area (Å²) in [6, 6.07) is 2.13. The predicted octanol–water partition coefficient (Wildman–Crippen LogP) is 2.24. The van der Waals surface area contributed by atoms with Gasteiger partial charge in [0.05, 0.1) is 17.2 Å². The highest BCUT2D eigenvalue weighted by atomic mass is 32.1. The molecule has 1 unspecified atom stereocenters. The third kappa shape index (κ3) is 2.88. The number of nitriles is 1. The van der Waals surface area contributed by atoms with Gasteiger partial charge in [0, 0.05) is 19.1 Å². The fourth-order valence-corrected chi connectivity index (χ4v) is 3.09. The second-order valence-electron chi connectivity index (χ2n) is 4.80. The van der Waals surface area contributed by atoms with Crippen LogP contribution < -0.4 is 11.1 Å². The lowest BCUT2D eigenvalue weighted by Gasteiger charge is -2.12. The van der Waals surface area contributed by atoms with Gasteiger partial charge in [0.1, 0.15) is 16.6 Å². The van der Waals surface area contributed by atoms with Gasteiger partial charge in [-0.05, 0) is 19.8 Å². The topological polar surface area (TPSA) is 88.1 Å². The zero-order valence-corrected chi connectivity index (χ0v) is 11.8. The van der Waals surface area contributed by atoms with Crippen LogP contribution in [0.5, 0.6) is 0 Å². The van der Waals surface area contributed by atoms with Crippen molar-refractivity contribution in [1.82, 2.24) is 0 Å². The van der Waals surface area contributed by atoms with Crippen LogP contribution in [-0.4, -0.2) is 25.5 Å². The quantitative estimate of drug-likeness (QED) is 0.780. The first kappa shape index (κ1) is 13.8. The molecule has 1 aliphatic rings. The van der Waals surface area contributed by atoms with E-state index in [-0.39, 0.29) is 17.7 Å². The van der Waals surface area contributed by atoms with E-state index in [1.807, 2.05) is 6.92 Å². The van der Waals surface area contributed by atoms with Crippen LogP contribution in [0.2, 0.25) is 0 Å². The summed E-state index contributed by atoms with van der Waals surface area (Å²) < 4.78 is 5.04. The Kier molecular flexibility index (Phi) is 4.08. The fraction of sp³-hybridized carbons (Fsp3) is 0.538. The Morgan fingerprint density at radius 2 is 2.37 bits per heavy atom. The number of thiophene rings is 1. The van der Waals surface area contributed by atoms with Crippen LogP contribution in [0.1, 0.15) is 35.0 Å². The van der Waals surface area contributed by atoms with Crippen LogP contribution in [-0.2, 0) is 4.74 Å². The molecule has 102 valence electrons. The first-order valence-electron chi connectivity index (χ1n) is 6.20. The number of Topliss-reactive ketones (excluding diaryl/α,β-unsaturated/α-hetero) is 1. The first-order chi connectivity index (χ1) is 9.08. The number of nitrogen functional groups attached to an aromatic ring is 1. The maximum absolute atomic E-state index is 12.1. The fourth-order valence-electron chi connectivity index (χ4n) is 1.89. The largest absolute Gasteiger partial charge is 0.396 e. The Labute approximate surface area is 116 Å². The molecule has 2 rings (SSSR count). The van der Waals surface area contributed by atoms with Crippen molar-refractivity contribution < 1.29 is 9.53 Å². The number of ketones is 1. The van der Waals surface area contributed by atoms with Crippen molar-refractivity contribution in [1.29, 1.82) is 5.26 Å². The number of nitrogens with two attached hydrogens (primary N) is 1. The van der Waals surface area contributed by atoms with E-state index in [2.05, 4.69) is 11.4 Å². The molecule has 3 N–H and O–H groups in total. The normalized spacial score (nSPS) is 15.8. The molecule has 0 amide bonds. The summed E-state index contributed by atoms with van der Waals surface area (Å²) in [5, 5.41) is 13.0. The summed E-state index contributed by atoms with van der Waals surface area (Å²) >= 11 is 1.28. The van der Waals surface area contributed by atoms with E-state index in [0.29, 0.717) is 27.7 Å². The number of nitrogens with zero attached hydrogens (tertiary/aromatic N) is 1. The van der Waals surface area contributed by atoms with Crippen molar-refractivity contribution in [3.05, 3.63) is 10.4 Å². The van der Waals surface area contributed by atoms with Crippen molar-refractivity contribution in [2.75, 3.05) is 24.8 Å². The maximum atomic E-state index is 12.1. The summed E-state index contributed by atoms with van der Waals surface area (Å²) in [7, 11) is 1.62. The van der Waals surface area contributed by atoms with Gasteiger partial charge in [-0.3, -0.25) is 4.79 Å². The minimum absolute atomic E-state index is 0.0547. The number of nitrogens with one attached hydrogen (secondary N) is 1. The third-order valence-electron chi connectivity index (χ3n) is 3.02. The average molecular weight is 279 g/mol. The zero-order chi connectivity index (χ0) is 14.0. The van der Waals surface area contributed by atoms with Crippen molar-refractivity contribution in [3.63, 3.8) is 0 Å². The molecule has 0 saturated heterocycles. The molecule has 1 aromatic rings. The molecule has 0 spiro atoms. The first-order valence-corrected chi connectivity index (χ1v) is 7.02. The molecule has 0 bridgehead atoms. The van der Waals surface area contributed by atoms with Gasteiger partial charge in [0.25, 0.3) is 0 Å². The van der Waals surface area contributed by atoms with E-state index in [0.717, 1.165) is 12.8 Å². The van der Waals surface area contributed by atoms with E-state index < -0.39 is 0 Å². The molecular weight excluding hydrogens is 262 g/mol. The number of hydrogen-bond donors (Lipinski definition) is 2. The van der Waals surface area contributed by atoms with Gasteiger partial charge in [0.15, 0.2) is 5.78 Å². The number of methoxy groups -OCH3 is 1. The number of carbonyl (C=O) groups is 1. The molecule has 1 aromatic heterocycles. The van der Waals surface area contributed by atoms with Crippen LogP contribution in [0.25, 0.3) is 0 Å². The van der Waals surface area contributed by atoms with E-state index in [4.69, 9.17) is 10.5 Å². The van der Waals surface area contributed by atoms with Gasteiger partial charge in [-0.15, -0.1) is 11.3 Å². The Morgan fingerprint density at radius 3 is 2.89 bits per heavy atom. The molecule has 0 aromatic carbocycles. The van der Waals surface area contributed by atoms with E-state index >= 15 is 0 Å². The Bertz CT molecular complexity index is 529. The highest BCUT2D eigenvalue weighted by Gasteiger charge is 2.34. The molecule has 0 radical (unpaired) electrons. The summed E-state index contributed by atoms with van der Waals surface area (Å²) in [6.07, 6.45) is 1.86. The standard InChI is InChI=1S/C13H17N3O2S/c1-7(6-18-2)16-13-9(5-14)10(15)12(19-13)11(17)8-3-4-8/h7-8,16H,3-4,6,15H2,1-2H3. The number of rotatable bonds is 6. The molecule has 5 nitrogen and oxygen atoms in total. The van der Waals surface area contributed by atoms with Gasteiger partial charge < -0.3 is 15.8 Å². The molecule has 1 heterocycles. The van der Waals surface area contributed by atoms with Gasteiger partial charge in [-0.1, -0.05) is 0 Å². The molecule has 0 aliphatic heterocycles. The molecule has 1 atom stereocenters. The Morgan fingerprint density at radius 1 is 1.68 bits per heavy atom. The SMILES string of the molecule is COCC(C)Nc1sc(C(=O)C2CC2)c(N)c1C#N. The van der Waals surface area contributed by atoms with Gasteiger partial charge in [-0.25, -0.2) is 0 Å². The van der Waals surface area contributed by atoms with E-state index in [1.165, 1.54) is 11.3 Å². The second-order valence-corrected chi connectivity index (χ2v) is 5.82. The third-order valence-corrected chi connectivity index (χ3v) is 4.17. The number of carbonyl (C=O) groups excluding carboxylic acids is 1. The smallest absolute Gasteiger partial charge is 0.178 e. The molecule has 1 fully saturated rings. The summed E-state index contributed by atoms with van der Waals surface area (Å²) in [5.74, 6) is 0.184. The number of ether oxygens (including phenoxy) is 1. The minimum atomic E-state index is 0.0547. The average Bonchev–Trinajstić information content (AvgIpc) is 3.15. The lowest BCUT2D eigenvalue weighted by molar-refractivity contribution is 0.0972.